The molecule has 6 heteroatoms. The molecule has 25 heavy (non-hydrogen) atoms. The topological polar surface area (TPSA) is 75.4 Å². The number of nitrogens with zero attached hydrogens (tertiary/aromatic N) is 2. The summed E-state index contributed by atoms with van der Waals surface area (Å²) in [7, 11) is 0. The van der Waals surface area contributed by atoms with Gasteiger partial charge in [0, 0.05) is 18.0 Å². The zero-order valence-electron chi connectivity index (χ0n) is 14.4. The summed E-state index contributed by atoms with van der Waals surface area (Å²) in [6.07, 6.45) is 1.80. The fourth-order valence-electron chi connectivity index (χ4n) is 3.14. The monoisotopic (exact) mass is 339 g/mol. The Bertz CT molecular complexity index is 798. The largest absolute Gasteiger partial charge is 0.338 e. The van der Waals surface area contributed by atoms with Gasteiger partial charge >= 0.3 is 0 Å². The van der Waals surface area contributed by atoms with E-state index < -0.39 is 6.04 Å². The van der Waals surface area contributed by atoms with Crippen molar-refractivity contribution in [2.75, 3.05) is 11.9 Å². The van der Waals surface area contributed by atoms with Crippen molar-refractivity contribution in [1.29, 1.82) is 0 Å². The van der Waals surface area contributed by atoms with Gasteiger partial charge < -0.3 is 9.42 Å². The van der Waals surface area contributed by atoms with Crippen molar-refractivity contribution in [3.05, 3.63) is 59.8 Å². The maximum Gasteiger partial charge on any atom is 0.249 e. The molecule has 1 saturated heterocycles. The Hall–Kier alpha value is -2.89. The van der Waals surface area contributed by atoms with E-state index in [1.54, 1.807) is 4.90 Å². The summed E-state index contributed by atoms with van der Waals surface area (Å²) in [5.74, 6) is -0.0768. The lowest BCUT2D eigenvalue weighted by Crippen LogP contribution is -2.42. The fraction of sp³-hybridized carbons (Fsp3) is 0.316. The molecule has 2 atom stereocenters. The Morgan fingerprint density at radius 3 is 2.64 bits per heavy atom. The number of rotatable bonds is 4. The van der Waals surface area contributed by atoms with Gasteiger partial charge in [-0.25, -0.2) is 0 Å². The van der Waals surface area contributed by atoms with E-state index in [1.807, 2.05) is 44.2 Å². The molecule has 0 unspecified atom stereocenters. The lowest BCUT2D eigenvalue weighted by Gasteiger charge is -2.21. The second-order valence-corrected chi connectivity index (χ2v) is 6.27. The fourth-order valence-corrected chi connectivity index (χ4v) is 3.14. The lowest BCUT2D eigenvalue weighted by molar-refractivity contribution is -0.132. The average molecular weight is 339 g/mol. The summed E-state index contributed by atoms with van der Waals surface area (Å²) in [6.45, 7) is 7.67. The van der Waals surface area contributed by atoms with Crippen LogP contribution >= 0.6 is 0 Å². The third-order valence-corrected chi connectivity index (χ3v) is 4.73. The Labute approximate surface area is 146 Å². The van der Waals surface area contributed by atoms with Crippen LogP contribution < -0.4 is 5.32 Å². The summed E-state index contributed by atoms with van der Waals surface area (Å²) in [6, 6.07) is 9.34. The Morgan fingerprint density at radius 2 is 2.04 bits per heavy atom. The summed E-state index contributed by atoms with van der Waals surface area (Å²) >= 11 is 0. The van der Waals surface area contributed by atoms with E-state index in [0.29, 0.717) is 18.8 Å². The molecule has 1 aliphatic rings. The first kappa shape index (κ1) is 17.0. The van der Waals surface area contributed by atoms with Crippen LogP contribution in [0.5, 0.6) is 0 Å². The standard InChI is InChI=1S/C19H21N3O3/c1-4-17(23)22-11-15(14-8-6-5-7-9-14)10-16(22)18(24)20-19-12(2)13(3)21-25-19/h4-9,15-16H,1,10-11H2,2-3H3,(H,20,24)/t15-,16+/m1/s1. The first-order valence-corrected chi connectivity index (χ1v) is 8.23. The quantitative estimate of drug-likeness (QED) is 0.869. The van der Waals surface area contributed by atoms with Gasteiger partial charge in [-0.15, -0.1) is 0 Å². The molecule has 0 radical (unpaired) electrons. The highest BCUT2D eigenvalue weighted by Crippen LogP contribution is 2.32. The van der Waals surface area contributed by atoms with Gasteiger partial charge in [-0.1, -0.05) is 42.1 Å². The van der Waals surface area contributed by atoms with Crippen molar-refractivity contribution in [2.24, 2.45) is 0 Å². The minimum Gasteiger partial charge on any atom is -0.338 e. The Morgan fingerprint density at radius 1 is 1.32 bits per heavy atom. The SMILES string of the molecule is C=CC(=O)N1C[C@H](c2ccccc2)C[C@H]1C(=O)Nc1onc(C)c1C. The number of amides is 2. The number of likely N-dealkylation sites (tertiary alicyclic amines) is 1. The molecular formula is C19H21N3O3. The van der Waals surface area contributed by atoms with Crippen LogP contribution in [0, 0.1) is 13.8 Å². The van der Waals surface area contributed by atoms with Gasteiger partial charge in [0.2, 0.25) is 17.7 Å². The van der Waals surface area contributed by atoms with Crippen LogP contribution in [0.15, 0.2) is 47.5 Å². The van der Waals surface area contributed by atoms with E-state index >= 15 is 0 Å². The minimum atomic E-state index is -0.569. The maximum atomic E-state index is 12.8. The highest BCUT2D eigenvalue weighted by molar-refractivity contribution is 5.99. The van der Waals surface area contributed by atoms with Gasteiger partial charge in [0.1, 0.15) is 6.04 Å². The lowest BCUT2D eigenvalue weighted by atomic mass is 9.96. The molecule has 0 aliphatic carbocycles. The number of carbonyl (C=O) groups is 2. The van der Waals surface area contributed by atoms with Gasteiger partial charge in [0.15, 0.2) is 0 Å². The summed E-state index contributed by atoms with van der Waals surface area (Å²) in [5.41, 5.74) is 2.63. The number of benzene rings is 1. The molecule has 0 bridgehead atoms. The highest BCUT2D eigenvalue weighted by Gasteiger charge is 2.39. The van der Waals surface area contributed by atoms with Gasteiger partial charge in [-0.3, -0.25) is 14.9 Å². The molecule has 1 N–H and O–H groups in total. The number of hydrogen-bond acceptors (Lipinski definition) is 4. The Kier molecular flexibility index (Phi) is 4.70. The van der Waals surface area contributed by atoms with E-state index in [1.165, 1.54) is 6.08 Å². The highest BCUT2D eigenvalue weighted by atomic mass is 16.5. The van der Waals surface area contributed by atoms with Gasteiger partial charge in [0.05, 0.1) is 5.69 Å². The zero-order chi connectivity index (χ0) is 18.0. The molecule has 1 aliphatic heterocycles. The van der Waals surface area contributed by atoms with Crippen LogP contribution in [-0.2, 0) is 9.59 Å². The number of nitrogens with one attached hydrogen (secondary N) is 1. The minimum absolute atomic E-state index is 0.110. The number of aryl methyl sites for hydroxylation is 1. The Balaban J connectivity index is 1.81. The molecular weight excluding hydrogens is 318 g/mol. The van der Waals surface area contributed by atoms with Crippen LogP contribution in [0.4, 0.5) is 5.88 Å². The van der Waals surface area contributed by atoms with Crippen LogP contribution in [-0.4, -0.2) is 34.5 Å². The maximum absolute atomic E-state index is 12.8. The van der Waals surface area contributed by atoms with Gasteiger partial charge in [-0.2, -0.15) is 0 Å². The zero-order valence-corrected chi connectivity index (χ0v) is 14.4. The molecule has 130 valence electrons. The van der Waals surface area contributed by atoms with Gasteiger partial charge in [0.25, 0.3) is 0 Å². The van der Waals surface area contributed by atoms with E-state index in [-0.39, 0.29) is 17.7 Å². The average Bonchev–Trinajstić information content (AvgIpc) is 3.21. The molecule has 2 amide bonds. The molecule has 0 spiro atoms. The van der Waals surface area contributed by atoms with E-state index in [4.69, 9.17) is 4.52 Å². The van der Waals surface area contributed by atoms with Crippen molar-refractivity contribution in [2.45, 2.75) is 32.2 Å². The second kappa shape index (κ2) is 6.93. The first-order valence-electron chi connectivity index (χ1n) is 8.23. The van der Waals surface area contributed by atoms with Crippen molar-refractivity contribution < 1.29 is 14.1 Å². The third kappa shape index (κ3) is 3.33. The summed E-state index contributed by atoms with van der Waals surface area (Å²) < 4.78 is 5.15. The molecule has 1 aromatic heterocycles. The normalized spacial score (nSPS) is 19.7. The molecule has 6 nitrogen and oxygen atoms in total. The predicted octanol–water partition coefficient (Wildman–Crippen LogP) is 2.80. The number of aromatic nitrogens is 1. The van der Waals surface area contributed by atoms with E-state index in [9.17, 15) is 9.59 Å². The molecule has 0 saturated carbocycles. The number of hydrogen-bond donors (Lipinski definition) is 1. The van der Waals surface area contributed by atoms with Crippen molar-refractivity contribution in [3.8, 4) is 0 Å². The third-order valence-electron chi connectivity index (χ3n) is 4.73. The summed E-state index contributed by atoms with van der Waals surface area (Å²) in [4.78, 5) is 26.5. The van der Waals surface area contributed by atoms with Crippen molar-refractivity contribution in [1.82, 2.24) is 10.1 Å². The predicted molar refractivity (Wildman–Crippen MR) is 94.1 cm³/mol. The van der Waals surface area contributed by atoms with Crippen molar-refractivity contribution in [3.63, 3.8) is 0 Å². The van der Waals surface area contributed by atoms with Gasteiger partial charge in [-0.05, 0) is 31.9 Å². The first-order chi connectivity index (χ1) is 12.0. The molecule has 1 fully saturated rings. The molecule has 1 aromatic carbocycles. The molecule has 3 rings (SSSR count). The molecule has 2 aromatic rings. The molecule has 2 heterocycles. The van der Waals surface area contributed by atoms with Crippen LogP contribution in [0.1, 0.15) is 29.2 Å². The number of anilines is 1. The van der Waals surface area contributed by atoms with Crippen molar-refractivity contribution >= 4 is 17.7 Å². The smallest absolute Gasteiger partial charge is 0.249 e. The second-order valence-electron chi connectivity index (χ2n) is 6.27. The van der Waals surface area contributed by atoms with Crippen LogP contribution in [0.25, 0.3) is 0 Å². The summed E-state index contributed by atoms with van der Waals surface area (Å²) in [5, 5.41) is 6.60. The van der Waals surface area contributed by atoms with Crippen LogP contribution in [0.2, 0.25) is 0 Å². The number of carbonyl (C=O) groups excluding carboxylic acids is 2. The van der Waals surface area contributed by atoms with Crippen LogP contribution in [0.3, 0.4) is 0 Å². The van der Waals surface area contributed by atoms with E-state index in [0.717, 1.165) is 16.8 Å². The van der Waals surface area contributed by atoms with E-state index in [2.05, 4.69) is 17.1 Å².